The molecule has 106 valence electrons. The molecule has 4 rings (SSSR count). The molecular formula is C16H16N4S. The van der Waals surface area contributed by atoms with E-state index in [-0.39, 0.29) is 0 Å². The van der Waals surface area contributed by atoms with Gasteiger partial charge in [0, 0.05) is 17.3 Å². The quantitative estimate of drug-likeness (QED) is 0.799. The van der Waals surface area contributed by atoms with Crippen molar-refractivity contribution < 1.29 is 0 Å². The van der Waals surface area contributed by atoms with Gasteiger partial charge in [0.05, 0.1) is 17.9 Å². The first kappa shape index (κ1) is 12.6. The lowest BCUT2D eigenvalue weighted by Gasteiger charge is -2.24. The van der Waals surface area contributed by atoms with E-state index in [4.69, 9.17) is 0 Å². The third-order valence-electron chi connectivity index (χ3n) is 3.88. The maximum Gasteiger partial charge on any atom is 0.153 e. The molecule has 21 heavy (non-hydrogen) atoms. The molecule has 0 bridgehead atoms. The van der Waals surface area contributed by atoms with Crippen LogP contribution < -0.4 is 5.32 Å². The van der Waals surface area contributed by atoms with Gasteiger partial charge < -0.3 is 5.32 Å². The smallest absolute Gasteiger partial charge is 0.153 e. The molecule has 1 unspecified atom stereocenters. The van der Waals surface area contributed by atoms with Crippen LogP contribution in [0.3, 0.4) is 0 Å². The Morgan fingerprint density at radius 2 is 2.29 bits per heavy atom. The molecule has 0 saturated heterocycles. The van der Waals surface area contributed by atoms with Gasteiger partial charge in [0.1, 0.15) is 0 Å². The number of pyridine rings is 1. The van der Waals surface area contributed by atoms with Crippen LogP contribution in [0, 0.1) is 0 Å². The van der Waals surface area contributed by atoms with E-state index in [1.54, 1.807) is 10.9 Å². The third-order valence-corrected chi connectivity index (χ3v) is 4.88. The molecule has 0 radical (unpaired) electrons. The van der Waals surface area contributed by atoms with Crippen LogP contribution in [0.15, 0.2) is 48.2 Å². The number of hydrogen-bond donors (Lipinski definition) is 1. The number of thiophene rings is 1. The number of fused-ring (bicyclic) bond motifs is 1. The van der Waals surface area contributed by atoms with Gasteiger partial charge in [0.15, 0.2) is 5.82 Å². The van der Waals surface area contributed by atoms with Gasteiger partial charge >= 0.3 is 0 Å². The van der Waals surface area contributed by atoms with Crippen LogP contribution >= 0.6 is 11.3 Å². The van der Waals surface area contributed by atoms with Crippen molar-refractivity contribution in [3.8, 4) is 5.82 Å². The van der Waals surface area contributed by atoms with Crippen molar-refractivity contribution in [1.82, 2.24) is 14.8 Å². The van der Waals surface area contributed by atoms with Gasteiger partial charge in [-0.2, -0.15) is 5.10 Å². The molecule has 3 heterocycles. The van der Waals surface area contributed by atoms with Crippen molar-refractivity contribution in [2.45, 2.75) is 25.3 Å². The highest BCUT2D eigenvalue weighted by Crippen LogP contribution is 2.35. The largest absolute Gasteiger partial charge is 0.377 e. The van der Waals surface area contributed by atoms with E-state index in [1.807, 2.05) is 35.9 Å². The lowest BCUT2D eigenvalue weighted by molar-refractivity contribution is 0.608. The zero-order valence-electron chi connectivity index (χ0n) is 11.6. The van der Waals surface area contributed by atoms with E-state index in [0.717, 1.165) is 11.5 Å². The van der Waals surface area contributed by atoms with Crippen LogP contribution in [0.4, 0.5) is 5.69 Å². The first-order valence-corrected chi connectivity index (χ1v) is 8.07. The number of aryl methyl sites for hydroxylation is 1. The highest BCUT2D eigenvalue weighted by molar-refractivity contribution is 7.10. The summed E-state index contributed by atoms with van der Waals surface area (Å²) in [4.78, 5) is 6.00. The topological polar surface area (TPSA) is 42.7 Å². The van der Waals surface area contributed by atoms with E-state index in [2.05, 4.69) is 32.9 Å². The van der Waals surface area contributed by atoms with Gasteiger partial charge in [0.25, 0.3) is 0 Å². The molecule has 0 saturated carbocycles. The van der Waals surface area contributed by atoms with Crippen molar-refractivity contribution in [1.29, 1.82) is 0 Å². The number of nitrogens with one attached hydrogen (secondary N) is 1. The summed E-state index contributed by atoms with van der Waals surface area (Å²) in [5, 5.41) is 10.00. The average Bonchev–Trinajstić information content (AvgIpc) is 3.20. The van der Waals surface area contributed by atoms with Crippen LogP contribution in [-0.4, -0.2) is 14.8 Å². The Hall–Kier alpha value is -2.14. The minimum absolute atomic E-state index is 0.414. The fourth-order valence-electron chi connectivity index (χ4n) is 2.85. The summed E-state index contributed by atoms with van der Waals surface area (Å²) >= 11 is 1.87. The second-order valence-corrected chi connectivity index (χ2v) is 6.24. The van der Waals surface area contributed by atoms with E-state index in [1.165, 1.54) is 29.7 Å². The van der Waals surface area contributed by atoms with E-state index < -0.39 is 0 Å². The number of nitrogens with zero attached hydrogens (tertiary/aromatic N) is 3. The van der Waals surface area contributed by atoms with Gasteiger partial charge in [-0.05, 0) is 54.5 Å². The predicted octanol–water partition coefficient (Wildman–Crippen LogP) is 3.82. The Kier molecular flexibility index (Phi) is 3.20. The predicted molar refractivity (Wildman–Crippen MR) is 85.0 cm³/mol. The molecule has 1 aliphatic rings. The maximum absolute atomic E-state index is 4.47. The first-order chi connectivity index (χ1) is 10.4. The summed E-state index contributed by atoms with van der Waals surface area (Å²) in [6.45, 7) is 0. The SMILES string of the molecule is c1cnn(-c2ccc(NC3CCCc4sccc43)cn2)c1. The van der Waals surface area contributed by atoms with Crippen molar-refractivity contribution >= 4 is 17.0 Å². The third kappa shape index (κ3) is 2.45. The lowest BCUT2D eigenvalue weighted by atomic mass is 9.94. The summed E-state index contributed by atoms with van der Waals surface area (Å²) in [5.74, 6) is 0.838. The van der Waals surface area contributed by atoms with Crippen LogP contribution in [0.25, 0.3) is 5.82 Å². The second-order valence-electron chi connectivity index (χ2n) is 5.24. The molecule has 3 aromatic heterocycles. The molecule has 3 aromatic rings. The number of anilines is 1. The van der Waals surface area contributed by atoms with Crippen LogP contribution in [-0.2, 0) is 6.42 Å². The Labute approximate surface area is 127 Å². The zero-order valence-corrected chi connectivity index (χ0v) is 12.4. The van der Waals surface area contributed by atoms with Crippen LogP contribution in [0.5, 0.6) is 0 Å². The molecule has 1 N–H and O–H groups in total. The highest BCUT2D eigenvalue weighted by Gasteiger charge is 2.20. The molecule has 0 spiro atoms. The van der Waals surface area contributed by atoms with Crippen molar-refractivity contribution in [2.75, 3.05) is 5.32 Å². The Morgan fingerprint density at radius 1 is 1.29 bits per heavy atom. The highest BCUT2D eigenvalue weighted by atomic mass is 32.1. The molecule has 0 aliphatic heterocycles. The minimum atomic E-state index is 0.414. The first-order valence-electron chi connectivity index (χ1n) is 7.19. The molecule has 4 nitrogen and oxygen atoms in total. The fraction of sp³-hybridized carbons (Fsp3) is 0.250. The Bertz CT molecular complexity index is 715. The van der Waals surface area contributed by atoms with E-state index in [0.29, 0.717) is 6.04 Å². The van der Waals surface area contributed by atoms with Crippen molar-refractivity contribution in [3.63, 3.8) is 0 Å². The average molecular weight is 296 g/mol. The van der Waals surface area contributed by atoms with Gasteiger partial charge in [-0.3, -0.25) is 0 Å². The molecule has 1 aliphatic carbocycles. The van der Waals surface area contributed by atoms with E-state index >= 15 is 0 Å². The number of aromatic nitrogens is 3. The second kappa shape index (κ2) is 5.33. The fourth-order valence-corrected chi connectivity index (χ4v) is 3.84. The normalized spacial score (nSPS) is 17.4. The Balaban J connectivity index is 1.54. The molecular weight excluding hydrogens is 280 g/mol. The monoisotopic (exact) mass is 296 g/mol. The molecule has 0 aromatic carbocycles. The standard InChI is InChI=1S/C16H16N4S/c1-3-14(13-7-10-21-15(13)4-1)19-12-5-6-16(17-11-12)20-9-2-8-18-20/h2,5-11,14,19H,1,3-4H2. The maximum atomic E-state index is 4.47. The molecule has 1 atom stereocenters. The number of rotatable bonds is 3. The van der Waals surface area contributed by atoms with E-state index in [9.17, 15) is 0 Å². The summed E-state index contributed by atoms with van der Waals surface area (Å²) < 4.78 is 1.77. The van der Waals surface area contributed by atoms with Crippen LogP contribution in [0.2, 0.25) is 0 Å². The van der Waals surface area contributed by atoms with Gasteiger partial charge in [-0.25, -0.2) is 9.67 Å². The van der Waals surface area contributed by atoms with Crippen molar-refractivity contribution in [3.05, 3.63) is 58.7 Å². The summed E-state index contributed by atoms with van der Waals surface area (Å²) in [6, 6.07) is 8.63. The van der Waals surface area contributed by atoms with Gasteiger partial charge in [-0.1, -0.05) is 0 Å². The van der Waals surface area contributed by atoms with Gasteiger partial charge in [0.2, 0.25) is 0 Å². The Morgan fingerprint density at radius 3 is 3.10 bits per heavy atom. The molecule has 5 heteroatoms. The zero-order chi connectivity index (χ0) is 14.1. The summed E-state index contributed by atoms with van der Waals surface area (Å²) in [6.07, 6.45) is 9.20. The number of hydrogen-bond acceptors (Lipinski definition) is 4. The summed E-state index contributed by atoms with van der Waals surface area (Å²) in [5.41, 5.74) is 2.53. The summed E-state index contributed by atoms with van der Waals surface area (Å²) in [7, 11) is 0. The van der Waals surface area contributed by atoms with Gasteiger partial charge in [-0.15, -0.1) is 11.3 Å². The molecule has 0 amide bonds. The van der Waals surface area contributed by atoms with Crippen LogP contribution in [0.1, 0.15) is 29.3 Å². The lowest BCUT2D eigenvalue weighted by Crippen LogP contribution is -2.15. The van der Waals surface area contributed by atoms with Crippen molar-refractivity contribution in [2.24, 2.45) is 0 Å². The minimum Gasteiger partial charge on any atom is -0.377 e. The molecule has 0 fully saturated rings.